The van der Waals surface area contributed by atoms with Gasteiger partial charge in [0, 0.05) is 5.56 Å². The van der Waals surface area contributed by atoms with Crippen molar-refractivity contribution >= 4 is 17.1 Å². The lowest BCUT2D eigenvalue weighted by Crippen LogP contribution is -2.01. The summed E-state index contributed by atoms with van der Waals surface area (Å²) in [7, 11) is 0. The SMILES string of the molecule is O=C(O)c1cc(-c2ccc3oc(=O)[nH]c3c2)ncn1. The van der Waals surface area contributed by atoms with Crippen LogP contribution in [0, 0.1) is 0 Å². The van der Waals surface area contributed by atoms with Gasteiger partial charge >= 0.3 is 11.7 Å². The van der Waals surface area contributed by atoms with E-state index in [1.807, 2.05) is 0 Å². The van der Waals surface area contributed by atoms with Crippen molar-refractivity contribution in [3.63, 3.8) is 0 Å². The van der Waals surface area contributed by atoms with Gasteiger partial charge in [-0.2, -0.15) is 0 Å². The van der Waals surface area contributed by atoms with Crippen LogP contribution in [0.1, 0.15) is 10.5 Å². The number of hydrogen-bond donors (Lipinski definition) is 2. The van der Waals surface area contributed by atoms with Gasteiger partial charge in [0.2, 0.25) is 0 Å². The van der Waals surface area contributed by atoms with E-state index in [4.69, 9.17) is 9.52 Å². The molecule has 0 aliphatic carbocycles. The number of rotatable bonds is 2. The maximum Gasteiger partial charge on any atom is 0.417 e. The van der Waals surface area contributed by atoms with Crippen LogP contribution in [0.15, 0.2) is 39.8 Å². The number of nitrogens with zero attached hydrogens (tertiary/aromatic N) is 2. The van der Waals surface area contributed by atoms with Gasteiger partial charge in [-0.15, -0.1) is 0 Å². The van der Waals surface area contributed by atoms with Crippen LogP contribution in [0.4, 0.5) is 0 Å². The van der Waals surface area contributed by atoms with Crippen molar-refractivity contribution in [2.24, 2.45) is 0 Å². The van der Waals surface area contributed by atoms with Crippen LogP contribution in [0.2, 0.25) is 0 Å². The minimum absolute atomic E-state index is 0.0919. The predicted octanol–water partition coefficient (Wildman–Crippen LogP) is 1.28. The second kappa shape index (κ2) is 4.05. The third kappa shape index (κ3) is 1.97. The van der Waals surface area contributed by atoms with Crippen molar-refractivity contribution in [1.29, 1.82) is 0 Å². The Morgan fingerprint density at radius 1 is 1.26 bits per heavy atom. The first-order chi connectivity index (χ1) is 9.13. The summed E-state index contributed by atoms with van der Waals surface area (Å²) in [4.78, 5) is 32.1. The Labute approximate surface area is 105 Å². The number of carbonyl (C=O) groups is 1. The van der Waals surface area contributed by atoms with E-state index < -0.39 is 11.7 Å². The van der Waals surface area contributed by atoms with Crippen molar-refractivity contribution in [3.8, 4) is 11.3 Å². The fourth-order valence-corrected chi connectivity index (χ4v) is 1.74. The van der Waals surface area contributed by atoms with Crippen LogP contribution in [-0.4, -0.2) is 26.0 Å². The smallest absolute Gasteiger partial charge is 0.417 e. The zero-order chi connectivity index (χ0) is 13.4. The Morgan fingerprint density at radius 2 is 2.11 bits per heavy atom. The number of H-pyrrole nitrogens is 1. The number of fused-ring (bicyclic) bond motifs is 1. The molecule has 3 aromatic rings. The van der Waals surface area contributed by atoms with Gasteiger partial charge in [-0.25, -0.2) is 19.6 Å². The number of nitrogens with one attached hydrogen (secondary N) is 1. The van der Waals surface area contributed by atoms with Gasteiger partial charge in [-0.3, -0.25) is 4.98 Å². The van der Waals surface area contributed by atoms with Crippen molar-refractivity contribution in [2.45, 2.75) is 0 Å². The molecule has 0 amide bonds. The molecule has 2 aromatic heterocycles. The molecule has 0 bridgehead atoms. The number of carboxylic acids is 1. The van der Waals surface area contributed by atoms with Crippen LogP contribution < -0.4 is 5.76 Å². The van der Waals surface area contributed by atoms with E-state index in [-0.39, 0.29) is 5.69 Å². The Bertz CT molecular complexity index is 834. The van der Waals surface area contributed by atoms with Gasteiger partial charge in [0.1, 0.15) is 6.33 Å². The molecule has 19 heavy (non-hydrogen) atoms. The first-order valence-electron chi connectivity index (χ1n) is 5.32. The monoisotopic (exact) mass is 257 g/mol. The molecule has 0 aliphatic rings. The van der Waals surface area contributed by atoms with Crippen LogP contribution in [-0.2, 0) is 0 Å². The molecule has 3 rings (SSSR count). The lowest BCUT2D eigenvalue weighted by Gasteiger charge is -2.01. The fourth-order valence-electron chi connectivity index (χ4n) is 1.74. The molecule has 0 saturated heterocycles. The van der Waals surface area contributed by atoms with E-state index in [0.717, 1.165) is 0 Å². The minimum Gasteiger partial charge on any atom is -0.477 e. The number of aromatic nitrogens is 3. The molecule has 0 saturated carbocycles. The lowest BCUT2D eigenvalue weighted by molar-refractivity contribution is 0.0690. The molecule has 2 N–H and O–H groups in total. The van der Waals surface area contributed by atoms with E-state index in [0.29, 0.717) is 22.4 Å². The Balaban J connectivity index is 2.15. The Hall–Kier alpha value is -2.96. The van der Waals surface area contributed by atoms with Crippen LogP contribution >= 0.6 is 0 Å². The van der Waals surface area contributed by atoms with Gasteiger partial charge in [0.05, 0.1) is 11.2 Å². The Morgan fingerprint density at radius 3 is 2.89 bits per heavy atom. The molecule has 0 atom stereocenters. The molecular weight excluding hydrogens is 250 g/mol. The second-order valence-electron chi connectivity index (χ2n) is 3.82. The molecule has 0 unspecified atom stereocenters. The highest BCUT2D eigenvalue weighted by molar-refractivity contribution is 5.87. The summed E-state index contributed by atoms with van der Waals surface area (Å²) in [5, 5.41) is 8.88. The molecule has 1 aromatic carbocycles. The van der Waals surface area contributed by atoms with E-state index in [9.17, 15) is 9.59 Å². The minimum atomic E-state index is -1.12. The summed E-state index contributed by atoms with van der Waals surface area (Å²) in [5.41, 5.74) is 1.98. The van der Waals surface area contributed by atoms with Crippen molar-refractivity contribution in [3.05, 3.63) is 46.8 Å². The maximum absolute atomic E-state index is 11.1. The average molecular weight is 257 g/mol. The number of oxazole rings is 1. The lowest BCUT2D eigenvalue weighted by atomic mass is 10.1. The molecule has 7 heteroatoms. The first kappa shape index (κ1) is 11.1. The second-order valence-corrected chi connectivity index (χ2v) is 3.82. The Kier molecular flexibility index (Phi) is 2.38. The highest BCUT2D eigenvalue weighted by Gasteiger charge is 2.09. The number of aromatic amines is 1. The van der Waals surface area contributed by atoms with E-state index in [1.165, 1.54) is 12.4 Å². The molecular formula is C12H7N3O4. The fraction of sp³-hybridized carbons (Fsp3) is 0. The topological polar surface area (TPSA) is 109 Å². The quantitative estimate of drug-likeness (QED) is 0.715. The van der Waals surface area contributed by atoms with Gasteiger partial charge in [-0.05, 0) is 24.3 Å². The van der Waals surface area contributed by atoms with Gasteiger partial charge in [0.15, 0.2) is 11.3 Å². The van der Waals surface area contributed by atoms with Gasteiger partial charge in [-0.1, -0.05) is 0 Å². The van der Waals surface area contributed by atoms with E-state index in [2.05, 4.69) is 15.0 Å². The maximum atomic E-state index is 11.1. The molecule has 0 aliphatic heterocycles. The third-order valence-electron chi connectivity index (χ3n) is 2.60. The summed E-state index contributed by atoms with van der Waals surface area (Å²) in [6.07, 6.45) is 1.18. The van der Waals surface area contributed by atoms with Gasteiger partial charge < -0.3 is 9.52 Å². The number of hydrogen-bond acceptors (Lipinski definition) is 5. The number of carboxylic acid groups (broad SMARTS) is 1. The number of aromatic carboxylic acids is 1. The summed E-state index contributed by atoms with van der Waals surface area (Å²) >= 11 is 0. The predicted molar refractivity (Wildman–Crippen MR) is 64.8 cm³/mol. The molecule has 7 nitrogen and oxygen atoms in total. The molecule has 0 spiro atoms. The van der Waals surface area contributed by atoms with E-state index in [1.54, 1.807) is 18.2 Å². The highest BCUT2D eigenvalue weighted by atomic mass is 16.4. The largest absolute Gasteiger partial charge is 0.477 e. The standard InChI is InChI=1S/C12H7N3O4/c16-11(17)9-4-7(13-5-14-9)6-1-2-10-8(3-6)15-12(18)19-10/h1-5H,(H,15,18)(H,16,17). The summed E-state index contributed by atoms with van der Waals surface area (Å²) in [5.74, 6) is -1.66. The highest BCUT2D eigenvalue weighted by Crippen LogP contribution is 2.21. The summed E-state index contributed by atoms with van der Waals surface area (Å²) in [6.45, 7) is 0. The van der Waals surface area contributed by atoms with Crippen molar-refractivity contribution < 1.29 is 14.3 Å². The van der Waals surface area contributed by atoms with Crippen LogP contribution in [0.25, 0.3) is 22.4 Å². The first-order valence-corrected chi connectivity index (χ1v) is 5.32. The van der Waals surface area contributed by atoms with Crippen molar-refractivity contribution in [2.75, 3.05) is 0 Å². The van der Waals surface area contributed by atoms with Crippen LogP contribution in [0.5, 0.6) is 0 Å². The molecule has 0 fully saturated rings. The number of benzene rings is 1. The zero-order valence-electron chi connectivity index (χ0n) is 9.45. The normalized spacial score (nSPS) is 10.7. The summed E-state index contributed by atoms with van der Waals surface area (Å²) < 4.78 is 4.88. The van der Waals surface area contributed by atoms with E-state index >= 15 is 0 Å². The molecule has 0 radical (unpaired) electrons. The average Bonchev–Trinajstić information content (AvgIpc) is 2.77. The molecule has 94 valence electrons. The summed E-state index contributed by atoms with van der Waals surface area (Å²) in [6, 6.07) is 6.33. The van der Waals surface area contributed by atoms with Crippen molar-refractivity contribution in [1.82, 2.24) is 15.0 Å². The van der Waals surface area contributed by atoms with Crippen LogP contribution in [0.3, 0.4) is 0 Å². The zero-order valence-corrected chi connectivity index (χ0v) is 9.45. The molecule has 2 heterocycles. The third-order valence-corrected chi connectivity index (χ3v) is 2.60. The van der Waals surface area contributed by atoms with Gasteiger partial charge in [0.25, 0.3) is 0 Å².